The van der Waals surface area contributed by atoms with Gasteiger partial charge in [-0.2, -0.15) is 0 Å². The summed E-state index contributed by atoms with van der Waals surface area (Å²) >= 11 is 0. The van der Waals surface area contributed by atoms with Gasteiger partial charge in [0.2, 0.25) is 0 Å². The van der Waals surface area contributed by atoms with E-state index in [9.17, 15) is 18.4 Å². The van der Waals surface area contributed by atoms with Crippen molar-refractivity contribution >= 4 is 17.5 Å². The van der Waals surface area contributed by atoms with Crippen molar-refractivity contribution in [2.45, 2.75) is 59.0 Å². The molecule has 41 heavy (non-hydrogen) atoms. The summed E-state index contributed by atoms with van der Waals surface area (Å²) in [5, 5.41) is 2.96. The van der Waals surface area contributed by atoms with Crippen LogP contribution >= 0.6 is 0 Å². The number of halogens is 2. The molecule has 0 spiro atoms. The Bertz CT molecular complexity index is 1470. The number of carbonyl (C=O) groups is 2. The average molecular weight is 566 g/mol. The molecule has 2 heterocycles. The van der Waals surface area contributed by atoms with E-state index in [-0.39, 0.29) is 55.3 Å². The van der Waals surface area contributed by atoms with Crippen LogP contribution in [0.1, 0.15) is 54.0 Å². The Hall–Kier alpha value is -4.31. The average Bonchev–Trinajstić information content (AvgIpc) is 3.30. The van der Waals surface area contributed by atoms with Gasteiger partial charge in [0.25, 0.3) is 5.91 Å². The number of imidazole rings is 1. The fourth-order valence-electron chi connectivity index (χ4n) is 4.22. The maximum atomic E-state index is 14.1. The van der Waals surface area contributed by atoms with E-state index in [4.69, 9.17) is 14.2 Å². The number of nitrogens with zero attached hydrogens (tertiary/aromatic N) is 2. The van der Waals surface area contributed by atoms with Crippen molar-refractivity contribution in [3.8, 4) is 5.75 Å². The molecule has 1 amide bonds. The lowest BCUT2D eigenvalue weighted by atomic mass is 10.1. The van der Waals surface area contributed by atoms with Crippen molar-refractivity contribution in [1.82, 2.24) is 14.7 Å². The van der Waals surface area contributed by atoms with Crippen LogP contribution in [0.4, 0.5) is 8.78 Å². The van der Waals surface area contributed by atoms with Gasteiger partial charge in [-0.3, -0.25) is 14.0 Å². The largest absolute Gasteiger partial charge is 0.485 e. The molecule has 8 nitrogen and oxygen atoms in total. The number of amides is 1. The van der Waals surface area contributed by atoms with Gasteiger partial charge in [0.15, 0.2) is 11.4 Å². The Labute approximate surface area is 237 Å². The number of rotatable bonds is 13. The molecule has 1 N–H and O–H groups in total. The Kier molecular flexibility index (Phi) is 10.0. The number of aromatic nitrogens is 2. The maximum absolute atomic E-state index is 14.1. The highest BCUT2D eigenvalue weighted by molar-refractivity contribution is 5.95. The van der Waals surface area contributed by atoms with Crippen LogP contribution in [0, 0.1) is 18.6 Å². The number of ether oxygens (including phenoxy) is 3. The molecule has 1 atom stereocenters. The van der Waals surface area contributed by atoms with Gasteiger partial charge in [-0.15, -0.1) is 0 Å². The van der Waals surface area contributed by atoms with E-state index in [1.165, 1.54) is 6.07 Å². The molecule has 0 bridgehead atoms. The van der Waals surface area contributed by atoms with Crippen LogP contribution in [0.15, 0.2) is 66.9 Å². The molecule has 2 aromatic carbocycles. The summed E-state index contributed by atoms with van der Waals surface area (Å²) in [6.45, 7) is 5.48. The monoisotopic (exact) mass is 565 g/mol. The number of esters is 1. The molecule has 0 radical (unpaired) electrons. The number of carbonyl (C=O) groups excluding carboxylic acids is 2. The van der Waals surface area contributed by atoms with Crippen LogP contribution in [0.2, 0.25) is 0 Å². The van der Waals surface area contributed by atoms with Gasteiger partial charge in [-0.1, -0.05) is 36.4 Å². The number of fused-ring (bicyclic) bond motifs is 1. The molecule has 4 aromatic rings. The molecule has 10 heteroatoms. The highest BCUT2D eigenvalue weighted by Crippen LogP contribution is 2.24. The molecule has 216 valence electrons. The van der Waals surface area contributed by atoms with Crippen molar-refractivity contribution in [2.24, 2.45) is 0 Å². The predicted octanol–water partition coefficient (Wildman–Crippen LogP) is 5.55. The first kappa shape index (κ1) is 29.7. The van der Waals surface area contributed by atoms with Crippen LogP contribution in [0.5, 0.6) is 5.75 Å². The molecular weight excluding hydrogens is 532 g/mol. The third kappa shape index (κ3) is 7.88. The highest BCUT2D eigenvalue weighted by Gasteiger charge is 2.23. The zero-order valence-electron chi connectivity index (χ0n) is 23.2. The van der Waals surface area contributed by atoms with E-state index in [0.29, 0.717) is 17.8 Å². The van der Waals surface area contributed by atoms with Gasteiger partial charge in [-0.25, -0.2) is 13.8 Å². The zero-order chi connectivity index (χ0) is 29.4. The lowest BCUT2D eigenvalue weighted by molar-refractivity contribution is -0.145. The molecule has 0 saturated heterocycles. The summed E-state index contributed by atoms with van der Waals surface area (Å²) in [6, 6.07) is 15.8. The molecule has 4 rings (SSSR count). The third-order valence-electron chi connectivity index (χ3n) is 6.34. The van der Waals surface area contributed by atoms with Crippen LogP contribution in [0.3, 0.4) is 0 Å². The minimum absolute atomic E-state index is 0.0732. The second-order valence-electron chi connectivity index (χ2n) is 9.84. The van der Waals surface area contributed by atoms with E-state index >= 15 is 0 Å². The third-order valence-corrected chi connectivity index (χ3v) is 6.34. The van der Waals surface area contributed by atoms with E-state index in [0.717, 1.165) is 17.7 Å². The first-order valence-corrected chi connectivity index (χ1v) is 13.4. The minimum atomic E-state index is -0.713. The van der Waals surface area contributed by atoms with Gasteiger partial charge >= 0.3 is 5.97 Å². The van der Waals surface area contributed by atoms with Crippen molar-refractivity contribution in [3.63, 3.8) is 0 Å². The second kappa shape index (κ2) is 13.8. The molecule has 0 aliphatic rings. The van der Waals surface area contributed by atoms with Crippen LogP contribution in [-0.2, 0) is 27.5 Å². The number of benzene rings is 2. The number of pyridine rings is 1. The first-order chi connectivity index (χ1) is 19.7. The molecular formula is C31H33F2N3O5. The molecule has 0 aliphatic heterocycles. The van der Waals surface area contributed by atoms with Crippen molar-refractivity contribution in [1.29, 1.82) is 0 Å². The summed E-state index contributed by atoms with van der Waals surface area (Å²) in [5.74, 6) is -1.96. The van der Waals surface area contributed by atoms with E-state index in [1.807, 2.05) is 44.2 Å². The smallest absolute Gasteiger partial charge is 0.306 e. The lowest BCUT2D eigenvalue weighted by Crippen LogP contribution is -2.40. The molecule has 2 aromatic heterocycles. The maximum Gasteiger partial charge on any atom is 0.306 e. The number of hydrogen-bond donors (Lipinski definition) is 1. The van der Waals surface area contributed by atoms with Crippen LogP contribution in [0.25, 0.3) is 5.65 Å². The second-order valence-corrected chi connectivity index (χ2v) is 9.84. The van der Waals surface area contributed by atoms with E-state index < -0.39 is 23.6 Å². The lowest BCUT2D eigenvalue weighted by Gasteiger charge is -2.20. The van der Waals surface area contributed by atoms with Crippen molar-refractivity contribution in [3.05, 3.63) is 101 Å². The number of nitrogens with one attached hydrogen (secondary N) is 1. The van der Waals surface area contributed by atoms with Crippen LogP contribution < -0.4 is 10.1 Å². The predicted molar refractivity (Wildman–Crippen MR) is 148 cm³/mol. The van der Waals surface area contributed by atoms with Crippen molar-refractivity contribution in [2.75, 3.05) is 6.61 Å². The zero-order valence-corrected chi connectivity index (χ0v) is 23.2. The Morgan fingerprint density at radius 2 is 1.71 bits per heavy atom. The standard InChI is InChI=1S/C31H33F2N3O5/c1-20(2)39-18-23(14-15-28(37)41-17-22-9-5-4-6-10-22)35-31(38)29-21(3)34-30-27(13-8-16-36(29)30)40-19-24-25(32)11-7-12-26(24)33/h4-13,16,20,23H,14-15,17-19H2,1-3H3,(H,35,38). The first-order valence-electron chi connectivity index (χ1n) is 13.4. The molecule has 0 fully saturated rings. The van der Waals surface area contributed by atoms with Crippen LogP contribution in [-0.4, -0.2) is 40.0 Å². The van der Waals surface area contributed by atoms with Gasteiger partial charge in [0, 0.05) is 12.6 Å². The SMILES string of the molecule is Cc1nc2c(OCc3c(F)cccc3F)cccn2c1C(=O)NC(CCC(=O)OCc1ccccc1)COC(C)C. The molecule has 0 aliphatic carbocycles. The Morgan fingerprint density at radius 3 is 2.41 bits per heavy atom. The van der Waals surface area contributed by atoms with Gasteiger partial charge < -0.3 is 19.5 Å². The summed E-state index contributed by atoms with van der Waals surface area (Å²) in [5.41, 5.74) is 1.71. The molecule has 1 unspecified atom stereocenters. The Morgan fingerprint density at radius 1 is 0.976 bits per heavy atom. The summed E-state index contributed by atoms with van der Waals surface area (Å²) in [6.07, 6.45) is 1.98. The van der Waals surface area contributed by atoms with Gasteiger partial charge in [0.1, 0.15) is 30.5 Å². The Balaban J connectivity index is 1.45. The minimum Gasteiger partial charge on any atom is -0.485 e. The van der Waals surface area contributed by atoms with E-state index in [2.05, 4.69) is 10.3 Å². The highest BCUT2D eigenvalue weighted by atomic mass is 19.1. The summed E-state index contributed by atoms with van der Waals surface area (Å²) in [7, 11) is 0. The van der Waals surface area contributed by atoms with Gasteiger partial charge in [-0.05, 0) is 57.0 Å². The van der Waals surface area contributed by atoms with E-state index in [1.54, 1.807) is 29.7 Å². The normalized spacial score (nSPS) is 12.0. The molecule has 0 saturated carbocycles. The number of aryl methyl sites for hydroxylation is 1. The van der Waals surface area contributed by atoms with Crippen molar-refractivity contribution < 1.29 is 32.6 Å². The summed E-state index contributed by atoms with van der Waals surface area (Å²) < 4.78 is 46.5. The summed E-state index contributed by atoms with van der Waals surface area (Å²) in [4.78, 5) is 30.3. The fraction of sp³-hybridized carbons (Fsp3) is 0.323. The quantitative estimate of drug-likeness (QED) is 0.214. The number of hydrogen-bond acceptors (Lipinski definition) is 6. The fourth-order valence-corrected chi connectivity index (χ4v) is 4.22. The van der Waals surface area contributed by atoms with Gasteiger partial charge in [0.05, 0.1) is 30.0 Å². The topological polar surface area (TPSA) is 91.2 Å².